The molecule has 0 spiro atoms. The smallest absolute Gasteiger partial charge is 0.242 e. The van der Waals surface area contributed by atoms with Crippen LogP contribution >= 0.6 is 0 Å². The first-order valence-electron chi connectivity index (χ1n) is 10.7. The Kier molecular flexibility index (Phi) is 4.62. The van der Waals surface area contributed by atoms with Crippen molar-refractivity contribution in [2.75, 3.05) is 32.7 Å². The van der Waals surface area contributed by atoms with Gasteiger partial charge in [0.2, 0.25) is 11.8 Å². The van der Waals surface area contributed by atoms with E-state index in [-0.39, 0.29) is 36.1 Å². The van der Waals surface area contributed by atoms with E-state index in [0.717, 1.165) is 44.3 Å². The molecule has 28 heavy (non-hydrogen) atoms. The first kappa shape index (κ1) is 18.1. The molecule has 5 fully saturated rings. The topological polar surface area (TPSA) is 43.9 Å². The number of piperidine rings is 4. The summed E-state index contributed by atoms with van der Waals surface area (Å²) in [6.45, 7) is 3.77. The van der Waals surface area contributed by atoms with Crippen molar-refractivity contribution in [1.82, 2.24) is 14.7 Å². The van der Waals surface area contributed by atoms with Crippen LogP contribution in [-0.2, 0) is 9.59 Å². The minimum Gasteiger partial charge on any atom is -0.336 e. The van der Waals surface area contributed by atoms with Crippen molar-refractivity contribution < 1.29 is 14.0 Å². The number of carbonyl (C=O) groups is 2. The van der Waals surface area contributed by atoms with Crippen LogP contribution in [0.3, 0.4) is 0 Å². The average Bonchev–Trinajstić information content (AvgIpc) is 3.14. The van der Waals surface area contributed by atoms with Gasteiger partial charge in [0.25, 0.3) is 0 Å². The number of likely N-dealkylation sites (tertiary alicyclic amines) is 2. The maximum Gasteiger partial charge on any atom is 0.242 e. The van der Waals surface area contributed by atoms with Crippen molar-refractivity contribution in [3.05, 3.63) is 35.6 Å². The van der Waals surface area contributed by atoms with E-state index in [1.165, 1.54) is 12.1 Å². The molecule has 0 aromatic heterocycles. The number of carbonyl (C=O) groups excluding carboxylic acids is 2. The van der Waals surface area contributed by atoms with Crippen molar-refractivity contribution in [2.45, 2.75) is 50.1 Å². The molecule has 6 rings (SSSR count). The monoisotopic (exact) mass is 385 g/mol. The fourth-order valence-electron chi connectivity index (χ4n) is 5.99. The predicted molar refractivity (Wildman–Crippen MR) is 103 cm³/mol. The molecule has 150 valence electrons. The molecule has 6 heteroatoms. The zero-order valence-corrected chi connectivity index (χ0v) is 16.2. The van der Waals surface area contributed by atoms with Crippen molar-refractivity contribution in [3.8, 4) is 0 Å². The molecule has 5 aliphatic heterocycles. The van der Waals surface area contributed by atoms with Crippen molar-refractivity contribution >= 4 is 11.8 Å². The number of hydrogen-bond donors (Lipinski definition) is 0. The van der Waals surface area contributed by atoms with Crippen LogP contribution in [0, 0.1) is 11.7 Å². The molecule has 2 bridgehead atoms. The van der Waals surface area contributed by atoms with Gasteiger partial charge in [-0.05, 0) is 62.4 Å². The highest BCUT2D eigenvalue weighted by Crippen LogP contribution is 2.46. The van der Waals surface area contributed by atoms with Gasteiger partial charge in [0.1, 0.15) is 5.82 Å². The summed E-state index contributed by atoms with van der Waals surface area (Å²) in [5, 5.41) is 0. The molecule has 5 saturated heterocycles. The lowest BCUT2D eigenvalue weighted by Crippen LogP contribution is -2.61. The molecular weight excluding hydrogens is 357 g/mol. The van der Waals surface area contributed by atoms with Gasteiger partial charge in [-0.2, -0.15) is 0 Å². The molecule has 0 saturated carbocycles. The molecule has 0 radical (unpaired) electrons. The summed E-state index contributed by atoms with van der Waals surface area (Å²) in [7, 11) is 0. The Morgan fingerprint density at radius 2 is 1.79 bits per heavy atom. The van der Waals surface area contributed by atoms with Crippen LogP contribution in [-0.4, -0.2) is 71.3 Å². The molecule has 1 aromatic carbocycles. The summed E-state index contributed by atoms with van der Waals surface area (Å²) in [4.78, 5) is 31.8. The Morgan fingerprint density at radius 1 is 1.04 bits per heavy atom. The average molecular weight is 385 g/mol. The highest BCUT2D eigenvalue weighted by molar-refractivity contribution is 5.85. The maximum atomic E-state index is 13.4. The molecule has 0 aliphatic carbocycles. The summed E-state index contributed by atoms with van der Waals surface area (Å²) >= 11 is 0. The number of hydrogen-bond acceptors (Lipinski definition) is 3. The molecule has 0 unspecified atom stereocenters. The third kappa shape index (κ3) is 3.02. The zero-order chi connectivity index (χ0) is 19.3. The lowest BCUT2D eigenvalue weighted by Gasteiger charge is -2.51. The van der Waals surface area contributed by atoms with Gasteiger partial charge in [-0.1, -0.05) is 12.1 Å². The predicted octanol–water partition coefficient (Wildman–Crippen LogP) is 2.23. The SMILES string of the molecule is O=C1CCCCN1CC(=O)N1C[C@@H](c2ccc(F)cc2)[C@@H]2[C@H]1C1CCN2CC1. The van der Waals surface area contributed by atoms with Crippen molar-refractivity contribution in [1.29, 1.82) is 0 Å². The lowest BCUT2D eigenvalue weighted by atomic mass is 9.75. The van der Waals surface area contributed by atoms with E-state index in [9.17, 15) is 14.0 Å². The minimum absolute atomic E-state index is 0.0867. The zero-order valence-electron chi connectivity index (χ0n) is 16.2. The minimum atomic E-state index is -0.222. The molecule has 5 aliphatic rings. The van der Waals surface area contributed by atoms with Gasteiger partial charge in [0.05, 0.1) is 12.6 Å². The van der Waals surface area contributed by atoms with E-state index in [2.05, 4.69) is 9.80 Å². The summed E-state index contributed by atoms with van der Waals surface area (Å²) < 4.78 is 13.4. The highest BCUT2D eigenvalue weighted by atomic mass is 19.1. The van der Waals surface area contributed by atoms with Gasteiger partial charge in [-0.3, -0.25) is 14.5 Å². The summed E-state index contributed by atoms with van der Waals surface area (Å²) in [5.41, 5.74) is 1.12. The van der Waals surface area contributed by atoms with Gasteiger partial charge in [-0.25, -0.2) is 4.39 Å². The van der Waals surface area contributed by atoms with Crippen LogP contribution in [0.1, 0.15) is 43.6 Å². The molecule has 3 atom stereocenters. The van der Waals surface area contributed by atoms with E-state index in [1.54, 1.807) is 4.90 Å². The van der Waals surface area contributed by atoms with E-state index in [1.807, 2.05) is 12.1 Å². The Balaban J connectivity index is 1.40. The van der Waals surface area contributed by atoms with Gasteiger partial charge < -0.3 is 9.80 Å². The fourth-order valence-corrected chi connectivity index (χ4v) is 5.99. The fraction of sp³-hybridized carbons (Fsp3) is 0.636. The molecule has 1 aromatic rings. The molecular formula is C22H28FN3O2. The first-order valence-corrected chi connectivity index (χ1v) is 10.7. The van der Waals surface area contributed by atoms with Crippen LogP contribution < -0.4 is 0 Å². The quantitative estimate of drug-likeness (QED) is 0.802. The van der Waals surface area contributed by atoms with Gasteiger partial charge in [0.15, 0.2) is 0 Å². The Labute approximate surface area is 165 Å². The van der Waals surface area contributed by atoms with E-state index in [4.69, 9.17) is 0 Å². The van der Waals surface area contributed by atoms with Crippen LogP contribution in [0.15, 0.2) is 24.3 Å². The number of benzene rings is 1. The van der Waals surface area contributed by atoms with Crippen molar-refractivity contribution in [2.24, 2.45) is 5.92 Å². The number of amides is 2. The summed E-state index contributed by atoms with van der Waals surface area (Å²) in [6.07, 6.45) is 4.77. The van der Waals surface area contributed by atoms with Crippen LogP contribution in [0.25, 0.3) is 0 Å². The lowest BCUT2D eigenvalue weighted by molar-refractivity contribution is -0.144. The van der Waals surface area contributed by atoms with E-state index < -0.39 is 0 Å². The second-order valence-corrected chi connectivity index (χ2v) is 8.83. The van der Waals surface area contributed by atoms with Gasteiger partial charge >= 0.3 is 0 Å². The normalized spacial score (nSPS) is 34.6. The Morgan fingerprint density at radius 3 is 2.50 bits per heavy atom. The van der Waals surface area contributed by atoms with Gasteiger partial charge in [-0.15, -0.1) is 0 Å². The van der Waals surface area contributed by atoms with Crippen LogP contribution in [0.5, 0.6) is 0 Å². The van der Waals surface area contributed by atoms with Crippen LogP contribution in [0.4, 0.5) is 4.39 Å². The first-order chi connectivity index (χ1) is 13.6. The maximum absolute atomic E-state index is 13.4. The third-order valence-electron chi connectivity index (χ3n) is 7.36. The molecule has 5 nitrogen and oxygen atoms in total. The Bertz CT molecular complexity index is 760. The number of fused-ring (bicyclic) bond motifs is 2. The number of nitrogens with zero attached hydrogens (tertiary/aromatic N) is 3. The number of rotatable bonds is 3. The third-order valence-corrected chi connectivity index (χ3v) is 7.36. The number of halogens is 1. The molecule has 2 amide bonds. The second-order valence-electron chi connectivity index (χ2n) is 8.83. The van der Waals surface area contributed by atoms with Gasteiger partial charge in [0, 0.05) is 31.5 Å². The summed E-state index contributed by atoms with van der Waals surface area (Å²) in [6, 6.07) is 7.35. The second kappa shape index (κ2) is 7.14. The largest absolute Gasteiger partial charge is 0.336 e. The summed E-state index contributed by atoms with van der Waals surface area (Å²) in [5.74, 6) is 0.736. The van der Waals surface area contributed by atoms with Crippen LogP contribution in [0.2, 0.25) is 0 Å². The molecule has 0 N–H and O–H groups in total. The van der Waals surface area contributed by atoms with E-state index >= 15 is 0 Å². The molecule has 5 heterocycles. The highest BCUT2D eigenvalue weighted by Gasteiger charge is 2.54. The van der Waals surface area contributed by atoms with E-state index in [0.29, 0.717) is 31.5 Å². The van der Waals surface area contributed by atoms with Crippen molar-refractivity contribution in [3.63, 3.8) is 0 Å². The standard InChI is InChI=1S/C22H28FN3O2/c23-17-6-4-15(5-7-17)18-13-26(20(28)14-25-10-2-1-3-19(25)27)21-16-8-11-24(12-9-16)22(18)21/h4-7,16,18,21-22H,1-3,8-14H2/t18-,21+,22+/m0/s1. The Hall–Kier alpha value is -1.95.